The number of aromatic nitrogens is 1. The lowest BCUT2D eigenvalue weighted by Crippen LogP contribution is -2.44. The number of hydrogen-bond donors (Lipinski definition) is 3. The van der Waals surface area contributed by atoms with E-state index in [0.29, 0.717) is 6.42 Å². The Balaban J connectivity index is 2.45. The number of hydrogen-bond acceptors (Lipinski definition) is 4. The van der Waals surface area contributed by atoms with Crippen LogP contribution in [0.15, 0.2) is 5.38 Å². The van der Waals surface area contributed by atoms with Crippen molar-refractivity contribution in [3.63, 3.8) is 0 Å². The number of nitrogens with zero attached hydrogens (tertiary/aromatic N) is 1. The predicted octanol–water partition coefficient (Wildman–Crippen LogP) is 1.58. The minimum Gasteiger partial charge on any atom is -0.394 e. The Kier molecular flexibility index (Phi) is 5.37. The van der Waals surface area contributed by atoms with Crippen molar-refractivity contribution in [2.45, 2.75) is 39.3 Å². The number of amides is 2. The van der Waals surface area contributed by atoms with E-state index in [1.807, 2.05) is 26.2 Å². The van der Waals surface area contributed by atoms with Gasteiger partial charge in [0.25, 0.3) is 0 Å². The molecule has 3 N–H and O–H groups in total. The molecule has 5 nitrogen and oxygen atoms in total. The largest absolute Gasteiger partial charge is 0.394 e. The fraction of sp³-hybridized carbons (Fsp3) is 0.636. The highest BCUT2D eigenvalue weighted by molar-refractivity contribution is 7.09. The third-order valence-corrected chi connectivity index (χ3v) is 3.55. The van der Waals surface area contributed by atoms with Crippen LogP contribution in [-0.2, 0) is 0 Å². The zero-order valence-electron chi connectivity index (χ0n) is 10.4. The molecule has 0 saturated carbocycles. The van der Waals surface area contributed by atoms with Crippen LogP contribution >= 0.6 is 11.3 Å². The van der Waals surface area contributed by atoms with Gasteiger partial charge < -0.3 is 15.7 Å². The number of aliphatic hydroxyl groups excluding tert-OH is 1. The van der Waals surface area contributed by atoms with E-state index in [1.54, 1.807) is 0 Å². The highest BCUT2D eigenvalue weighted by atomic mass is 32.1. The number of carbonyl (C=O) groups excluding carboxylic acids is 1. The zero-order valence-corrected chi connectivity index (χ0v) is 11.2. The molecular weight excluding hydrogens is 238 g/mol. The van der Waals surface area contributed by atoms with E-state index in [4.69, 9.17) is 5.11 Å². The smallest absolute Gasteiger partial charge is 0.315 e. The molecule has 2 atom stereocenters. The average molecular weight is 257 g/mol. The second-order valence-electron chi connectivity index (χ2n) is 3.95. The first-order valence-electron chi connectivity index (χ1n) is 5.66. The summed E-state index contributed by atoms with van der Waals surface area (Å²) in [4.78, 5) is 15.9. The van der Waals surface area contributed by atoms with Crippen molar-refractivity contribution in [3.05, 3.63) is 16.1 Å². The Morgan fingerprint density at radius 3 is 2.76 bits per heavy atom. The summed E-state index contributed by atoms with van der Waals surface area (Å²) in [5.74, 6) is 0. The molecule has 0 aliphatic heterocycles. The van der Waals surface area contributed by atoms with Crippen LogP contribution in [0, 0.1) is 6.92 Å². The maximum atomic E-state index is 11.6. The van der Waals surface area contributed by atoms with Gasteiger partial charge in [-0.05, 0) is 20.3 Å². The van der Waals surface area contributed by atoms with E-state index in [-0.39, 0.29) is 24.7 Å². The molecule has 17 heavy (non-hydrogen) atoms. The van der Waals surface area contributed by atoms with Crippen LogP contribution in [0.5, 0.6) is 0 Å². The first-order chi connectivity index (χ1) is 8.06. The molecule has 1 aromatic rings. The Morgan fingerprint density at radius 1 is 1.59 bits per heavy atom. The van der Waals surface area contributed by atoms with Gasteiger partial charge in [0.05, 0.1) is 18.7 Å². The van der Waals surface area contributed by atoms with Crippen LogP contribution in [0.3, 0.4) is 0 Å². The molecule has 96 valence electrons. The predicted molar refractivity (Wildman–Crippen MR) is 68.1 cm³/mol. The van der Waals surface area contributed by atoms with Crippen LogP contribution in [0.4, 0.5) is 4.79 Å². The molecule has 1 rings (SSSR count). The van der Waals surface area contributed by atoms with E-state index in [9.17, 15) is 4.79 Å². The Hall–Kier alpha value is -1.14. The van der Waals surface area contributed by atoms with Crippen molar-refractivity contribution in [2.24, 2.45) is 0 Å². The Labute approximate surface area is 105 Å². The van der Waals surface area contributed by atoms with Gasteiger partial charge >= 0.3 is 6.03 Å². The SMILES string of the molecule is CCC(CO)NC(=O)NC(C)c1nc(C)cs1. The van der Waals surface area contributed by atoms with E-state index < -0.39 is 0 Å². The van der Waals surface area contributed by atoms with Crippen LogP contribution < -0.4 is 10.6 Å². The van der Waals surface area contributed by atoms with Gasteiger partial charge in [0.1, 0.15) is 5.01 Å². The molecule has 0 spiro atoms. The van der Waals surface area contributed by atoms with Crippen molar-refractivity contribution >= 4 is 17.4 Å². The molecule has 2 unspecified atom stereocenters. The molecule has 0 bridgehead atoms. The summed E-state index contributed by atoms with van der Waals surface area (Å²) >= 11 is 1.53. The molecule has 0 aliphatic rings. The lowest BCUT2D eigenvalue weighted by molar-refractivity contribution is 0.212. The molecule has 0 saturated heterocycles. The summed E-state index contributed by atoms with van der Waals surface area (Å²) in [7, 11) is 0. The standard InChI is InChI=1S/C11H19N3O2S/c1-4-9(5-15)14-11(16)13-8(3)10-12-7(2)6-17-10/h6,8-9,15H,4-5H2,1-3H3,(H2,13,14,16). The number of thiazole rings is 1. The monoisotopic (exact) mass is 257 g/mol. The average Bonchev–Trinajstić information content (AvgIpc) is 2.72. The minimum absolute atomic E-state index is 0.0470. The number of carbonyl (C=O) groups is 1. The second-order valence-corrected chi connectivity index (χ2v) is 4.84. The summed E-state index contributed by atoms with van der Waals surface area (Å²) in [6.07, 6.45) is 0.703. The first kappa shape index (κ1) is 13.9. The van der Waals surface area contributed by atoms with Gasteiger partial charge in [-0.15, -0.1) is 11.3 Å². The molecule has 6 heteroatoms. The lowest BCUT2D eigenvalue weighted by Gasteiger charge is -2.17. The summed E-state index contributed by atoms with van der Waals surface area (Å²) in [5.41, 5.74) is 0.959. The first-order valence-corrected chi connectivity index (χ1v) is 6.54. The quantitative estimate of drug-likeness (QED) is 0.749. The molecular formula is C11H19N3O2S. The normalized spacial score (nSPS) is 14.1. The second kappa shape index (κ2) is 6.56. The van der Waals surface area contributed by atoms with E-state index in [1.165, 1.54) is 11.3 Å². The molecule has 1 heterocycles. The van der Waals surface area contributed by atoms with Crippen molar-refractivity contribution in [3.8, 4) is 0 Å². The zero-order chi connectivity index (χ0) is 12.8. The highest BCUT2D eigenvalue weighted by Gasteiger charge is 2.14. The van der Waals surface area contributed by atoms with Gasteiger partial charge in [0.15, 0.2) is 0 Å². The van der Waals surface area contributed by atoms with Crippen LogP contribution in [0.1, 0.15) is 37.0 Å². The Bertz CT molecular complexity index is 363. The minimum atomic E-state index is -0.272. The lowest BCUT2D eigenvalue weighted by atomic mass is 10.2. The molecule has 1 aromatic heterocycles. The number of urea groups is 1. The number of rotatable bonds is 5. The molecule has 0 radical (unpaired) electrons. The van der Waals surface area contributed by atoms with E-state index in [0.717, 1.165) is 10.7 Å². The van der Waals surface area contributed by atoms with Crippen LogP contribution in [0.2, 0.25) is 0 Å². The number of aliphatic hydroxyl groups is 1. The summed E-state index contributed by atoms with van der Waals surface area (Å²) in [6, 6.07) is -0.587. The maximum Gasteiger partial charge on any atom is 0.315 e. The van der Waals surface area contributed by atoms with Gasteiger partial charge in [-0.3, -0.25) is 0 Å². The third-order valence-electron chi connectivity index (χ3n) is 2.40. The molecule has 0 fully saturated rings. The number of nitrogens with one attached hydrogen (secondary N) is 2. The summed E-state index contributed by atoms with van der Waals surface area (Å²) < 4.78 is 0. The molecule has 0 aliphatic carbocycles. The third kappa shape index (κ3) is 4.32. The van der Waals surface area contributed by atoms with Crippen molar-refractivity contribution in [1.82, 2.24) is 15.6 Å². The van der Waals surface area contributed by atoms with Gasteiger partial charge in [0.2, 0.25) is 0 Å². The maximum absolute atomic E-state index is 11.6. The fourth-order valence-corrected chi connectivity index (χ4v) is 2.14. The number of aryl methyl sites for hydroxylation is 1. The van der Waals surface area contributed by atoms with Gasteiger partial charge in [-0.2, -0.15) is 0 Å². The topological polar surface area (TPSA) is 74.2 Å². The molecule has 0 aromatic carbocycles. The van der Waals surface area contributed by atoms with E-state index >= 15 is 0 Å². The Morgan fingerprint density at radius 2 is 2.29 bits per heavy atom. The van der Waals surface area contributed by atoms with Crippen molar-refractivity contribution in [1.29, 1.82) is 0 Å². The van der Waals surface area contributed by atoms with Crippen LogP contribution in [-0.4, -0.2) is 28.8 Å². The van der Waals surface area contributed by atoms with Crippen molar-refractivity contribution in [2.75, 3.05) is 6.61 Å². The molecule has 2 amide bonds. The highest BCUT2D eigenvalue weighted by Crippen LogP contribution is 2.17. The van der Waals surface area contributed by atoms with Gasteiger partial charge in [-0.25, -0.2) is 9.78 Å². The summed E-state index contributed by atoms with van der Waals surface area (Å²) in [6.45, 7) is 5.67. The van der Waals surface area contributed by atoms with Gasteiger partial charge in [-0.1, -0.05) is 6.92 Å². The van der Waals surface area contributed by atoms with Crippen molar-refractivity contribution < 1.29 is 9.90 Å². The van der Waals surface area contributed by atoms with Crippen LogP contribution in [0.25, 0.3) is 0 Å². The van der Waals surface area contributed by atoms with E-state index in [2.05, 4.69) is 15.6 Å². The fourth-order valence-electron chi connectivity index (χ4n) is 1.33. The summed E-state index contributed by atoms with van der Waals surface area (Å²) in [5, 5.41) is 17.3. The van der Waals surface area contributed by atoms with Gasteiger partial charge in [0, 0.05) is 11.1 Å².